The van der Waals surface area contributed by atoms with Crippen LogP contribution in [0, 0.1) is 6.92 Å². The molecule has 106 valence electrons. The van der Waals surface area contributed by atoms with Crippen LogP contribution >= 0.6 is 11.6 Å². The van der Waals surface area contributed by atoms with Gasteiger partial charge in [0.1, 0.15) is 0 Å². The van der Waals surface area contributed by atoms with Crippen LogP contribution in [0.4, 0.5) is 0 Å². The number of hydrogen-bond donors (Lipinski definition) is 2. The molecule has 0 saturated carbocycles. The van der Waals surface area contributed by atoms with Crippen molar-refractivity contribution in [2.75, 3.05) is 0 Å². The lowest BCUT2D eigenvalue weighted by atomic mass is 10.1. The number of nitrogens with two attached hydrogens (primary N) is 1. The Morgan fingerprint density at radius 3 is 2.85 bits per heavy atom. The highest BCUT2D eigenvalue weighted by Crippen LogP contribution is 2.29. The van der Waals surface area contributed by atoms with E-state index in [-0.39, 0.29) is 12.1 Å². The summed E-state index contributed by atoms with van der Waals surface area (Å²) >= 11 is 6.27. The smallest absolute Gasteiger partial charge is 0.0951 e. The number of benzene rings is 1. The fraction of sp³-hybridized carbons (Fsp3) is 0.400. The fourth-order valence-corrected chi connectivity index (χ4v) is 3.04. The first-order valence-electron chi connectivity index (χ1n) is 6.82. The molecule has 0 radical (unpaired) electrons. The van der Waals surface area contributed by atoms with E-state index in [1.165, 1.54) is 11.1 Å². The summed E-state index contributed by atoms with van der Waals surface area (Å²) in [5, 5.41) is 8.66. The van der Waals surface area contributed by atoms with Gasteiger partial charge in [0.2, 0.25) is 0 Å². The van der Waals surface area contributed by atoms with E-state index in [9.17, 15) is 0 Å². The Morgan fingerprint density at radius 1 is 1.45 bits per heavy atom. The lowest BCUT2D eigenvalue weighted by Gasteiger charge is -2.17. The van der Waals surface area contributed by atoms with Crippen molar-refractivity contribution in [2.24, 2.45) is 12.8 Å². The number of rotatable bonds is 3. The van der Waals surface area contributed by atoms with Crippen LogP contribution in [0.2, 0.25) is 5.02 Å². The SMILES string of the molecule is Cc1c(Cl)c(CN[C@@H]2Cc3ccccc3[C@H]2N)nn1C. The summed E-state index contributed by atoms with van der Waals surface area (Å²) in [5.41, 5.74) is 10.8. The molecule has 1 aliphatic rings. The van der Waals surface area contributed by atoms with E-state index >= 15 is 0 Å². The summed E-state index contributed by atoms with van der Waals surface area (Å²) in [6.07, 6.45) is 0.959. The van der Waals surface area contributed by atoms with Gasteiger partial charge in [-0.3, -0.25) is 4.68 Å². The van der Waals surface area contributed by atoms with Gasteiger partial charge < -0.3 is 11.1 Å². The van der Waals surface area contributed by atoms with Crippen molar-refractivity contribution < 1.29 is 0 Å². The predicted octanol–water partition coefficient (Wildman–Crippen LogP) is 2.10. The van der Waals surface area contributed by atoms with Gasteiger partial charge in [-0.1, -0.05) is 35.9 Å². The van der Waals surface area contributed by atoms with E-state index in [4.69, 9.17) is 17.3 Å². The second kappa shape index (κ2) is 5.20. The molecular formula is C15H19ClN4. The second-order valence-corrected chi connectivity index (χ2v) is 5.76. The highest BCUT2D eigenvalue weighted by Gasteiger charge is 2.29. The Kier molecular flexibility index (Phi) is 3.54. The van der Waals surface area contributed by atoms with Crippen molar-refractivity contribution in [3.05, 3.63) is 51.8 Å². The minimum Gasteiger partial charge on any atom is -0.323 e. The molecule has 0 amide bonds. The maximum absolute atomic E-state index is 6.31. The first-order valence-corrected chi connectivity index (χ1v) is 7.20. The van der Waals surface area contributed by atoms with Gasteiger partial charge in [0.15, 0.2) is 0 Å². The average Bonchev–Trinajstić information content (AvgIpc) is 2.90. The third-order valence-electron chi connectivity index (χ3n) is 4.15. The van der Waals surface area contributed by atoms with Gasteiger partial charge >= 0.3 is 0 Å². The fourth-order valence-electron chi connectivity index (χ4n) is 2.82. The third-order valence-corrected chi connectivity index (χ3v) is 4.64. The molecule has 1 aromatic carbocycles. The molecule has 1 heterocycles. The lowest BCUT2D eigenvalue weighted by molar-refractivity contribution is 0.460. The van der Waals surface area contributed by atoms with E-state index in [0.717, 1.165) is 22.8 Å². The first kappa shape index (κ1) is 13.6. The zero-order valence-corrected chi connectivity index (χ0v) is 12.5. The normalized spacial score (nSPS) is 21.2. The van der Waals surface area contributed by atoms with Gasteiger partial charge in [-0.2, -0.15) is 5.10 Å². The van der Waals surface area contributed by atoms with Gasteiger partial charge in [0.05, 0.1) is 16.4 Å². The number of fused-ring (bicyclic) bond motifs is 1. The summed E-state index contributed by atoms with van der Waals surface area (Å²) < 4.78 is 1.81. The number of aryl methyl sites for hydroxylation is 1. The Balaban J connectivity index is 1.70. The molecule has 0 fully saturated rings. The highest BCUT2D eigenvalue weighted by molar-refractivity contribution is 6.31. The van der Waals surface area contributed by atoms with Crippen LogP contribution in [0.25, 0.3) is 0 Å². The topological polar surface area (TPSA) is 55.9 Å². The molecule has 4 nitrogen and oxygen atoms in total. The number of aromatic nitrogens is 2. The van der Waals surface area contributed by atoms with E-state index in [0.29, 0.717) is 6.54 Å². The van der Waals surface area contributed by atoms with Crippen LogP contribution in [-0.4, -0.2) is 15.8 Å². The largest absolute Gasteiger partial charge is 0.323 e. The zero-order chi connectivity index (χ0) is 14.3. The van der Waals surface area contributed by atoms with E-state index in [1.54, 1.807) is 0 Å². The monoisotopic (exact) mass is 290 g/mol. The molecule has 0 saturated heterocycles. The minimum absolute atomic E-state index is 0.0368. The van der Waals surface area contributed by atoms with E-state index in [1.807, 2.05) is 24.7 Å². The summed E-state index contributed by atoms with van der Waals surface area (Å²) in [4.78, 5) is 0. The number of nitrogens with zero attached hydrogens (tertiary/aromatic N) is 2. The van der Waals surface area contributed by atoms with Gasteiger partial charge in [0, 0.05) is 25.7 Å². The van der Waals surface area contributed by atoms with Crippen molar-refractivity contribution >= 4 is 11.6 Å². The molecule has 2 aromatic rings. The van der Waals surface area contributed by atoms with Crippen LogP contribution < -0.4 is 11.1 Å². The van der Waals surface area contributed by atoms with Crippen LogP contribution in [-0.2, 0) is 20.0 Å². The quantitative estimate of drug-likeness (QED) is 0.910. The number of nitrogens with one attached hydrogen (secondary N) is 1. The van der Waals surface area contributed by atoms with Gasteiger partial charge in [0.25, 0.3) is 0 Å². The number of hydrogen-bond acceptors (Lipinski definition) is 3. The maximum Gasteiger partial charge on any atom is 0.0951 e. The lowest BCUT2D eigenvalue weighted by Crippen LogP contribution is -2.36. The standard InChI is InChI=1S/C15H19ClN4/c1-9-14(16)13(19-20(9)2)8-18-12-7-10-5-3-4-6-11(10)15(12)17/h3-6,12,15,18H,7-8,17H2,1-2H3/t12-,15-/m1/s1. The molecular weight excluding hydrogens is 272 g/mol. The Hall–Kier alpha value is -1.36. The van der Waals surface area contributed by atoms with Gasteiger partial charge in [-0.15, -0.1) is 0 Å². The van der Waals surface area contributed by atoms with Crippen LogP contribution in [0.15, 0.2) is 24.3 Å². The molecule has 1 aliphatic carbocycles. The molecule has 1 aromatic heterocycles. The van der Waals surface area contributed by atoms with E-state index in [2.05, 4.69) is 28.6 Å². The van der Waals surface area contributed by atoms with Crippen LogP contribution in [0.5, 0.6) is 0 Å². The molecule has 2 atom stereocenters. The van der Waals surface area contributed by atoms with Gasteiger partial charge in [-0.25, -0.2) is 0 Å². The maximum atomic E-state index is 6.31. The average molecular weight is 291 g/mol. The molecule has 0 spiro atoms. The molecule has 20 heavy (non-hydrogen) atoms. The van der Waals surface area contributed by atoms with E-state index < -0.39 is 0 Å². The molecule has 3 rings (SSSR count). The zero-order valence-electron chi connectivity index (χ0n) is 11.7. The van der Waals surface area contributed by atoms with Crippen LogP contribution in [0.3, 0.4) is 0 Å². The first-order chi connectivity index (χ1) is 9.58. The molecule has 3 N–H and O–H groups in total. The number of halogens is 1. The summed E-state index contributed by atoms with van der Waals surface area (Å²) in [7, 11) is 1.90. The van der Waals surface area contributed by atoms with Crippen molar-refractivity contribution in [2.45, 2.75) is 32.0 Å². The molecule has 0 unspecified atom stereocenters. The second-order valence-electron chi connectivity index (χ2n) is 5.39. The summed E-state index contributed by atoms with van der Waals surface area (Å²) in [6.45, 7) is 2.61. The predicted molar refractivity (Wildman–Crippen MR) is 80.7 cm³/mol. The Labute approximate surface area is 123 Å². The third kappa shape index (κ3) is 2.24. The molecule has 0 bridgehead atoms. The summed E-state index contributed by atoms with van der Waals surface area (Å²) in [6, 6.07) is 8.64. The Morgan fingerprint density at radius 2 is 2.20 bits per heavy atom. The van der Waals surface area contributed by atoms with Crippen molar-refractivity contribution in [1.82, 2.24) is 15.1 Å². The Bertz CT molecular complexity index is 635. The molecule has 5 heteroatoms. The van der Waals surface area contributed by atoms with Crippen LogP contribution in [0.1, 0.15) is 28.6 Å². The van der Waals surface area contributed by atoms with Gasteiger partial charge in [-0.05, 0) is 24.5 Å². The van der Waals surface area contributed by atoms with Crippen molar-refractivity contribution in [3.63, 3.8) is 0 Å². The van der Waals surface area contributed by atoms with Crippen molar-refractivity contribution in [1.29, 1.82) is 0 Å². The minimum atomic E-state index is 0.0368. The summed E-state index contributed by atoms with van der Waals surface area (Å²) in [5.74, 6) is 0. The van der Waals surface area contributed by atoms with Crippen molar-refractivity contribution in [3.8, 4) is 0 Å². The highest BCUT2D eigenvalue weighted by atomic mass is 35.5. The molecule has 0 aliphatic heterocycles.